The van der Waals surface area contributed by atoms with Crippen molar-refractivity contribution in [2.24, 2.45) is 0 Å². The van der Waals surface area contributed by atoms with Crippen molar-refractivity contribution in [2.45, 2.75) is 6.92 Å². The lowest BCUT2D eigenvalue weighted by molar-refractivity contribution is -0.136. The number of para-hydroxylation sites is 1. The molecular formula is C17H17NO2. The molecule has 0 bridgehead atoms. The molecule has 20 heavy (non-hydrogen) atoms. The minimum absolute atomic E-state index is 0.331. The summed E-state index contributed by atoms with van der Waals surface area (Å²) in [7, 11) is 0. The third-order valence-corrected chi connectivity index (χ3v) is 2.74. The Labute approximate surface area is 118 Å². The van der Waals surface area contributed by atoms with Gasteiger partial charge in [-0.1, -0.05) is 48.5 Å². The molecule has 0 heterocycles. The highest BCUT2D eigenvalue weighted by Crippen LogP contribution is 2.17. The Hall–Kier alpha value is -2.55. The van der Waals surface area contributed by atoms with Crippen LogP contribution in [0.4, 0.5) is 5.69 Å². The zero-order valence-electron chi connectivity index (χ0n) is 11.4. The maximum Gasteiger partial charge on any atom is 0.340 e. The van der Waals surface area contributed by atoms with Crippen molar-refractivity contribution in [3.05, 3.63) is 72.4 Å². The second kappa shape index (κ2) is 7.14. The third kappa shape index (κ3) is 3.72. The predicted octanol–water partition coefficient (Wildman–Crippen LogP) is 3.70. The predicted molar refractivity (Wildman–Crippen MR) is 81.1 cm³/mol. The molecule has 0 saturated carbocycles. The summed E-state index contributed by atoms with van der Waals surface area (Å²) in [4.78, 5) is 12.0. The second-order valence-corrected chi connectivity index (χ2v) is 4.15. The maximum atomic E-state index is 12.0. The summed E-state index contributed by atoms with van der Waals surface area (Å²) in [5.41, 5.74) is 2.26. The van der Waals surface area contributed by atoms with Crippen LogP contribution < -0.4 is 5.32 Å². The van der Waals surface area contributed by atoms with E-state index in [9.17, 15) is 4.79 Å². The smallest absolute Gasteiger partial charge is 0.340 e. The minimum atomic E-state index is -0.331. The van der Waals surface area contributed by atoms with E-state index in [1.54, 1.807) is 13.1 Å². The number of ether oxygens (including phenoxy) is 1. The van der Waals surface area contributed by atoms with Crippen molar-refractivity contribution in [3.63, 3.8) is 0 Å². The number of rotatable bonds is 5. The largest absolute Gasteiger partial charge is 0.462 e. The summed E-state index contributed by atoms with van der Waals surface area (Å²) >= 11 is 0. The molecule has 0 unspecified atom stereocenters. The summed E-state index contributed by atoms with van der Waals surface area (Å²) < 4.78 is 5.10. The Bertz CT molecular complexity index is 576. The Morgan fingerprint density at radius 1 is 1.05 bits per heavy atom. The zero-order chi connectivity index (χ0) is 14.2. The number of hydrogen-bond acceptors (Lipinski definition) is 3. The summed E-state index contributed by atoms with van der Waals surface area (Å²) in [6.07, 6.45) is 1.68. The van der Waals surface area contributed by atoms with Crippen molar-refractivity contribution in [2.75, 3.05) is 11.9 Å². The summed E-state index contributed by atoms with van der Waals surface area (Å²) in [5.74, 6) is -0.331. The Morgan fingerprint density at radius 3 is 2.25 bits per heavy atom. The van der Waals surface area contributed by atoms with Crippen LogP contribution in [0.25, 0.3) is 5.57 Å². The van der Waals surface area contributed by atoms with E-state index < -0.39 is 0 Å². The molecule has 0 aliphatic carbocycles. The van der Waals surface area contributed by atoms with Gasteiger partial charge in [0.05, 0.1) is 12.2 Å². The van der Waals surface area contributed by atoms with E-state index in [4.69, 9.17) is 4.74 Å². The number of anilines is 1. The first kappa shape index (κ1) is 13.9. The van der Waals surface area contributed by atoms with Crippen LogP contribution >= 0.6 is 0 Å². The first-order chi connectivity index (χ1) is 9.81. The molecule has 0 fully saturated rings. The number of nitrogens with one attached hydrogen (secondary N) is 1. The summed E-state index contributed by atoms with van der Waals surface area (Å²) in [6, 6.07) is 19.1. The van der Waals surface area contributed by atoms with Crippen molar-refractivity contribution in [3.8, 4) is 0 Å². The Kier molecular flexibility index (Phi) is 4.95. The number of carbonyl (C=O) groups is 1. The molecule has 0 saturated heterocycles. The lowest BCUT2D eigenvalue weighted by Gasteiger charge is -2.08. The molecule has 1 N–H and O–H groups in total. The van der Waals surface area contributed by atoms with E-state index >= 15 is 0 Å². The molecule has 0 amide bonds. The second-order valence-electron chi connectivity index (χ2n) is 4.15. The van der Waals surface area contributed by atoms with Gasteiger partial charge in [0.2, 0.25) is 0 Å². The van der Waals surface area contributed by atoms with Gasteiger partial charge >= 0.3 is 5.97 Å². The number of carbonyl (C=O) groups excluding carboxylic acids is 1. The molecule has 0 atom stereocenters. The van der Waals surface area contributed by atoms with Gasteiger partial charge in [-0.2, -0.15) is 0 Å². The van der Waals surface area contributed by atoms with Crippen LogP contribution in [0.1, 0.15) is 12.5 Å². The van der Waals surface area contributed by atoms with E-state index in [-0.39, 0.29) is 5.97 Å². The van der Waals surface area contributed by atoms with Crippen LogP contribution in [0.3, 0.4) is 0 Å². The van der Waals surface area contributed by atoms with E-state index in [0.29, 0.717) is 12.2 Å². The Balaban J connectivity index is 2.25. The molecule has 3 nitrogen and oxygen atoms in total. The highest BCUT2D eigenvalue weighted by atomic mass is 16.5. The molecule has 2 rings (SSSR count). The van der Waals surface area contributed by atoms with Crippen LogP contribution in [-0.2, 0) is 9.53 Å². The minimum Gasteiger partial charge on any atom is -0.462 e. The first-order valence-corrected chi connectivity index (χ1v) is 6.55. The molecule has 0 radical (unpaired) electrons. The third-order valence-electron chi connectivity index (χ3n) is 2.74. The normalized spacial score (nSPS) is 10.9. The van der Waals surface area contributed by atoms with Crippen LogP contribution in [0.2, 0.25) is 0 Å². The van der Waals surface area contributed by atoms with Crippen LogP contribution in [0.5, 0.6) is 0 Å². The zero-order valence-corrected chi connectivity index (χ0v) is 11.4. The summed E-state index contributed by atoms with van der Waals surface area (Å²) in [5, 5.41) is 3.12. The van der Waals surface area contributed by atoms with Gasteiger partial charge in [-0.25, -0.2) is 4.79 Å². The SMILES string of the molecule is CCOC(=O)/C(=C/Nc1ccccc1)c1ccccc1. The van der Waals surface area contributed by atoms with E-state index in [0.717, 1.165) is 11.3 Å². The van der Waals surface area contributed by atoms with Gasteiger partial charge in [-0.3, -0.25) is 0 Å². The Morgan fingerprint density at radius 2 is 1.65 bits per heavy atom. The number of hydrogen-bond donors (Lipinski definition) is 1. The fourth-order valence-corrected chi connectivity index (χ4v) is 1.78. The lowest BCUT2D eigenvalue weighted by atomic mass is 10.1. The number of benzene rings is 2. The molecule has 0 spiro atoms. The fraction of sp³-hybridized carbons (Fsp3) is 0.118. The molecule has 3 heteroatoms. The summed E-state index contributed by atoms with van der Waals surface area (Å²) in [6.45, 7) is 2.15. The van der Waals surface area contributed by atoms with Crippen molar-refractivity contribution < 1.29 is 9.53 Å². The highest BCUT2D eigenvalue weighted by Gasteiger charge is 2.12. The average Bonchev–Trinajstić information content (AvgIpc) is 2.50. The van der Waals surface area contributed by atoms with Gasteiger partial charge in [0.15, 0.2) is 0 Å². The van der Waals surface area contributed by atoms with E-state index in [2.05, 4.69) is 5.32 Å². The van der Waals surface area contributed by atoms with Crippen molar-refractivity contribution in [1.29, 1.82) is 0 Å². The lowest BCUT2D eigenvalue weighted by Crippen LogP contribution is -2.08. The van der Waals surface area contributed by atoms with Gasteiger partial charge in [0.25, 0.3) is 0 Å². The molecule has 0 aliphatic heterocycles. The average molecular weight is 267 g/mol. The van der Waals surface area contributed by atoms with Gasteiger partial charge in [0, 0.05) is 11.9 Å². The molecule has 2 aromatic carbocycles. The van der Waals surface area contributed by atoms with Gasteiger partial charge in [-0.05, 0) is 24.6 Å². The molecule has 0 aliphatic rings. The molecule has 102 valence electrons. The standard InChI is InChI=1S/C17H17NO2/c1-2-20-17(19)16(14-9-5-3-6-10-14)13-18-15-11-7-4-8-12-15/h3-13,18H,2H2,1H3/b16-13+. The van der Waals surface area contributed by atoms with Crippen LogP contribution in [0.15, 0.2) is 66.9 Å². The molecular weight excluding hydrogens is 250 g/mol. The quantitative estimate of drug-likeness (QED) is 0.663. The first-order valence-electron chi connectivity index (χ1n) is 6.55. The fourth-order valence-electron chi connectivity index (χ4n) is 1.78. The van der Waals surface area contributed by atoms with Gasteiger partial charge in [0.1, 0.15) is 0 Å². The van der Waals surface area contributed by atoms with Crippen molar-refractivity contribution >= 4 is 17.2 Å². The van der Waals surface area contributed by atoms with E-state index in [1.807, 2.05) is 60.7 Å². The molecule has 0 aromatic heterocycles. The van der Waals surface area contributed by atoms with Crippen molar-refractivity contribution in [1.82, 2.24) is 0 Å². The van der Waals surface area contributed by atoms with Gasteiger partial charge < -0.3 is 10.1 Å². The number of esters is 1. The van der Waals surface area contributed by atoms with Crippen LogP contribution in [0, 0.1) is 0 Å². The van der Waals surface area contributed by atoms with E-state index in [1.165, 1.54) is 0 Å². The maximum absolute atomic E-state index is 12.0. The topological polar surface area (TPSA) is 38.3 Å². The monoisotopic (exact) mass is 267 g/mol. The molecule has 2 aromatic rings. The van der Waals surface area contributed by atoms with Crippen LogP contribution in [-0.4, -0.2) is 12.6 Å². The highest BCUT2D eigenvalue weighted by molar-refractivity contribution is 6.16. The van der Waals surface area contributed by atoms with Gasteiger partial charge in [-0.15, -0.1) is 0 Å².